The molecular weight excluding hydrogens is 349 g/mol. The van der Waals surface area contributed by atoms with Gasteiger partial charge in [-0.25, -0.2) is 0 Å². The Balaban J connectivity index is 1.91. The van der Waals surface area contributed by atoms with E-state index in [1.54, 1.807) is 56.6 Å². The Kier molecular flexibility index (Phi) is 6.06. The van der Waals surface area contributed by atoms with E-state index in [1.807, 2.05) is 0 Å². The maximum Gasteiger partial charge on any atom is 0.253 e. The predicted octanol–water partition coefficient (Wildman–Crippen LogP) is 3.75. The normalized spacial score (nSPS) is 10.2. The summed E-state index contributed by atoms with van der Waals surface area (Å²) in [5.41, 5.74) is 1.80. The van der Waals surface area contributed by atoms with Crippen LogP contribution in [0.1, 0.15) is 10.4 Å². The van der Waals surface area contributed by atoms with Crippen LogP contribution in [0.25, 0.3) is 0 Å². The molecule has 0 aliphatic rings. The smallest absolute Gasteiger partial charge is 0.253 e. The number of carbonyl (C=O) groups is 2. The maximum absolute atomic E-state index is 12.0. The highest BCUT2D eigenvalue weighted by atomic mass is 35.5. The average molecular weight is 366 g/mol. The monoisotopic (exact) mass is 365 g/mol. The molecule has 2 rings (SSSR count). The van der Waals surface area contributed by atoms with E-state index < -0.39 is 0 Å². The summed E-state index contributed by atoms with van der Waals surface area (Å²) in [7, 11) is 3.37. The molecule has 0 aliphatic carbocycles. The molecule has 2 amide bonds. The standard InChI is InChI=1S/C17H17Cl2N3O2/c1-22(2)17(24)11-3-6-13(7-4-11)21-16(23)10-20-15-8-5-12(18)9-14(15)19/h3-9,20H,10H2,1-2H3,(H,21,23). The summed E-state index contributed by atoms with van der Waals surface area (Å²) in [5, 5.41) is 6.66. The number of nitrogens with one attached hydrogen (secondary N) is 2. The van der Waals surface area contributed by atoms with Crippen LogP contribution in [0.5, 0.6) is 0 Å². The first-order valence-electron chi connectivity index (χ1n) is 7.17. The van der Waals surface area contributed by atoms with E-state index in [-0.39, 0.29) is 18.4 Å². The fraction of sp³-hybridized carbons (Fsp3) is 0.176. The average Bonchev–Trinajstić information content (AvgIpc) is 2.54. The zero-order valence-corrected chi connectivity index (χ0v) is 14.8. The minimum atomic E-state index is -0.229. The fourth-order valence-electron chi connectivity index (χ4n) is 1.97. The molecule has 0 spiro atoms. The molecule has 0 aliphatic heterocycles. The molecule has 0 bridgehead atoms. The summed E-state index contributed by atoms with van der Waals surface area (Å²) in [6.45, 7) is 0.0553. The van der Waals surface area contributed by atoms with Gasteiger partial charge >= 0.3 is 0 Å². The van der Waals surface area contributed by atoms with Gasteiger partial charge in [0.1, 0.15) is 0 Å². The van der Waals surface area contributed by atoms with Crippen LogP contribution < -0.4 is 10.6 Å². The van der Waals surface area contributed by atoms with Crippen molar-refractivity contribution in [1.29, 1.82) is 0 Å². The fourth-order valence-corrected chi connectivity index (χ4v) is 2.44. The second-order valence-electron chi connectivity index (χ2n) is 5.30. The van der Waals surface area contributed by atoms with Crippen molar-refractivity contribution in [1.82, 2.24) is 4.90 Å². The summed E-state index contributed by atoms with van der Waals surface area (Å²) in [6.07, 6.45) is 0. The van der Waals surface area contributed by atoms with E-state index in [0.717, 1.165) is 0 Å². The van der Waals surface area contributed by atoms with Gasteiger partial charge in [-0.05, 0) is 42.5 Å². The summed E-state index contributed by atoms with van der Waals surface area (Å²) in [5.74, 6) is -0.320. The summed E-state index contributed by atoms with van der Waals surface area (Å²) in [6, 6.07) is 11.7. The number of benzene rings is 2. The largest absolute Gasteiger partial charge is 0.375 e. The number of halogens is 2. The number of hydrogen-bond donors (Lipinski definition) is 2. The highest BCUT2D eigenvalue weighted by Gasteiger charge is 2.09. The van der Waals surface area contributed by atoms with Crippen LogP contribution in [0.15, 0.2) is 42.5 Å². The Hall–Kier alpha value is -2.24. The summed E-state index contributed by atoms with van der Waals surface area (Å²) < 4.78 is 0. The Morgan fingerprint density at radius 2 is 1.71 bits per heavy atom. The van der Waals surface area contributed by atoms with Gasteiger partial charge in [0.25, 0.3) is 5.91 Å². The minimum absolute atomic E-state index is 0.0553. The highest BCUT2D eigenvalue weighted by Crippen LogP contribution is 2.25. The molecule has 2 aromatic carbocycles. The molecule has 0 fully saturated rings. The van der Waals surface area contributed by atoms with Gasteiger partial charge in [0.15, 0.2) is 0 Å². The lowest BCUT2D eigenvalue weighted by Gasteiger charge is -2.11. The van der Waals surface area contributed by atoms with Crippen molar-refractivity contribution in [3.63, 3.8) is 0 Å². The minimum Gasteiger partial charge on any atom is -0.375 e. The first-order valence-corrected chi connectivity index (χ1v) is 7.93. The lowest BCUT2D eigenvalue weighted by molar-refractivity contribution is -0.114. The molecule has 24 heavy (non-hydrogen) atoms. The second-order valence-corrected chi connectivity index (χ2v) is 6.15. The number of anilines is 2. The van der Waals surface area contributed by atoms with Crippen molar-refractivity contribution < 1.29 is 9.59 Å². The van der Waals surface area contributed by atoms with Gasteiger partial charge < -0.3 is 15.5 Å². The third-order valence-corrected chi connectivity index (χ3v) is 3.74. The lowest BCUT2D eigenvalue weighted by atomic mass is 10.2. The molecule has 0 saturated heterocycles. The molecule has 0 atom stereocenters. The quantitative estimate of drug-likeness (QED) is 0.847. The number of amides is 2. The number of rotatable bonds is 5. The molecule has 5 nitrogen and oxygen atoms in total. The predicted molar refractivity (Wildman–Crippen MR) is 98.0 cm³/mol. The molecule has 126 valence electrons. The molecule has 0 radical (unpaired) electrons. The van der Waals surface area contributed by atoms with E-state index in [0.29, 0.717) is 27.0 Å². The molecule has 0 unspecified atom stereocenters. The van der Waals surface area contributed by atoms with Crippen LogP contribution >= 0.6 is 23.2 Å². The molecule has 2 N–H and O–H groups in total. The van der Waals surface area contributed by atoms with Crippen molar-refractivity contribution in [3.8, 4) is 0 Å². The topological polar surface area (TPSA) is 61.4 Å². The van der Waals surface area contributed by atoms with Gasteiger partial charge in [-0.3, -0.25) is 9.59 Å². The number of hydrogen-bond acceptors (Lipinski definition) is 3. The molecule has 0 saturated carbocycles. The van der Waals surface area contributed by atoms with E-state index in [9.17, 15) is 9.59 Å². The van der Waals surface area contributed by atoms with Gasteiger partial charge in [0, 0.05) is 30.4 Å². The molecule has 0 aromatic heterocycles. The maximum atomic E-state index is 12.0. The van der Waals surface area contributed by atoms with Gasteiger partial charge in [0.2, 0.25) is 5.91 Å². The van der Waals surface area contributed by atoms with Crippen LogP contribution in [0.3, 0.4) is 0 Å². The van der Waals surface area contributed by atoms with E-state index in [4.69, 9.17) is 23.2 Å². The van der Waals surface area contributed by atoms with E-state index in [1.165, 1.54) is 4.90 Å². The Morgan fingerprint density at radius 3 is 2.29 bits per heavy atom. The summed E-state index contributed by atoms with van der Waals surface area (Å²) in [4.78, 5) is 25.3. The Bertz CT molecular complexity index is 746. The van der Waals surface area contributed by atoms with Crippen LogP contribution in [0.4, 0.5) is 11.4 Å². The number of nitrogens with zero attached hydrogens (tertiary/aromatic N) is 1. The zero-order chi connectivity index (χ0) is 17.7. The third kappa shape index (κ3) is 4.88. The van der Waals surface area contributed by atoms with Gasteiger partial charge in [-0.1, -0.05) is 23.2 Å². The van der Waals surface area contributed by atoms with Gasteiger partial charge in [0.05, 0.1) is 17.3 Å². The van der Waals surface area contributed by atoms with Crippen LogP contribution in [0.2, 0.25) is 10.0 Å². The molecule has 0 heterocycles. The Labute approximate surface area is 150 Å². The van der Waals surface area contributed by atoms with Gasteiger partial charge in [-0.2, -0.15) is 0 Å². The summed E-state index contributed by atoms with van der Waals surface area (Å²) >= 11 is 11.9. The third-order valence-electron chi connectivity index (χ3n) is 3.19. The first-order chi connectivity index (χ1) is 11.4. The molecule has 7 heteroatoms. The molecular formula is C17H17Cl2N3O2. The van der Waals surface area contributed by atoms with Crippen molar-refractivity contribution in [2.45, 2.75) is 0 Å². The zero-order valence-electron chi connectivity index (χ0n) is 13.3. The van der Waals surface area contributed by atoms with E-state index in [2.05, 4.69) is 10.6 Å². The van der Waals surface area contributed by atoms with Crippen molar-refractivity contribution in [2.75, 3.05) is 31.3 Å². The first kappa shape index (κ1) is 18.1. The SMILES string of the molecule is CN(C)C(=O)c1ccc(NC(=O)CNc2ccc(Cl)cc2Cl)cc1. The van der Waals surface area contributed by atoms with Crippen molar-refractivity contribution in [2.24, 2.45) is 0 Å². The molecule has 2 aromatic rings. The number of carbonyl (C=O) groups excluding carboxylic acids is 2. The lowest BCUT2D eigenvalue weighted by Crippen LogP contribution is -2.23. The van der Waals surface area contributed by atoms with Gasteiger partial charge in [-0.15, -0.1) is 0 Å². The second kappa shape index (κ2) is 8.04. The van der Waals surface area contributed by atoms with Crippen molar-refractivity contribution in [3.05, 3.63) is 58.1 Å². The highest BCUT2D eigenvalue weighted by molar-refractivity contribution is 6.36. The van der Waals surface area contributed by atoms with Crippen LogP contribution in [0, 0.1) is 0 Å². The Morgan fingerprint density at radius 1 is 1.04 bits per heavy atom. The van der Waals surface area contributed by atoms with Crippen molar-refractivity contribution >= 4 is 46.4 Å². The van der Waals surface area contributed by atoms with E-state index >= 15 is 0 Å². The van der Waals surface area contributed by atoms with Crippen LogP contribution in [-0.2, 0) is 4.79 Å². The van der Waals surface area contributed by atoms with Crippen LogP contribution in [-0.4, -0.2) is 37.4 Å².